The summed E-state index contributed by atoms with van der Waals surface area (Å²) in [6.45, 7) is 1.93. The summed E-state index contributed by atoms with van der Waals surface area (Å²) in [7, 11) is 0. The van der Waals surface area contributed by atoms with Gasteiger partial charge in [-0.15, -0.1) is 11.3 Å². The van der Waals surface area contributed by atoms with Crippen molar-refractivity contribution in [3.05, 3.63) is 45.0 Å². The Labute approximate surface area is 112 Å². The molecule has 7 heteroatoms. The number of benzene rings is 1. The molecule has 0 atom stereocenters. The molecule has 0 saturated heterocycles. The molecule has 5 nitrogen and oxygen atoms in total. The summed E-state index contributed by atoms with van der Waals surface area (Å²) in [6.07, 6.45) is 0. The van der Waals surface area contributed by atoms with E-state index in [2.05, 4.69) is 4.98 Å². The lowest BCUT2D eigenvalue weighted by atomic mass is 10.2. The van der Waals surface area contributed by atoms with E-state index in [4.69, 9.17) is 5.73 Å². The maximum absolute atomic E-state index is 10.8. The van der Waals surface area contributed by atoms with Crippen molar-refractivity contribution in [2.24, 2.45) is 0 Å². The van der Waals surface area contributed by atoms with Gasteiger partial charge in [0.15, 0.2) is 0 Å². The molecule has 2 aromatic rings. The molecule has 18 heavy (non-hydrogen) atoms. The van der Waals surface area contributed by atoms with Crippen LogP contribution in [0.3, 0.4) is 0 Å². The third-order valence-corrected chi connectivity index (χ3v) is 4.51. The molecule has 0 aliphatic carbocycles. The van der Waals surface area contributed by atoms with Crippen molar-refractivity contribution < 1.29 is 4.92 Å². The monoisotopic (exact) mass is 281 g/mol. The van der Waals surface area contributed by atoms with Crippen molar-refractivity contribution in [1.29, 1.82) is 0 Å². The second-order valence-corrected chi connectivity index (χ2v) is 5.73. The van der Waals surface area contributed by atoms with Gasteiger partial charge in [0.25, 0.3) is 5.69 Å². The van der Waals surface area contributed by atoms with Gasteiger partial charge in [-0.1, -0.05) is 23.9 Å². The van der Waals surface area contributed by atoms with Gasteiger partial charge in [0.2, 0.25) is 0 Å². The molecule has 0 fully saturated rings. The Morgan fingerprint density at radius 3 is 2.94 bits per heavy atom. The number of rotatable bonds is 4. The predicted molar refractivity (Wildman–Crippen MR) is 73.9 cm³/mol. The fraction of sp³-hybridized carbons (Fsp3) is 0.182. The Bertz CT molecular complexity index is 583. The Balaban J connectivity index is 2.14. The van der Waals surface area contributed by atoms with Crippen LogP contribution in [0, 0.1) is 17.0 Å². The predicted octanol–water partition coefficient (Wildman–Crippen LogP) is 3.23. The van der Waals surface area contributed by atoms with Gasteiger partial charge < -0.3 is 5.73 Å². The van der Waals surface area contributed by atoms with Crippen LogP contribution >= 0.6 is 23.1 Å². The summed E-state index contributed by atoms with van der Waals surface area (Å²) in [4.78, 5) is 14.6. The largest absolute Gasteiger partial charge is 0.393 e. The molecule has 0 unspecified atom stereocenters. The Hall–Kier alpha value is -1.60. The number of nitrogens with zero attached hydrogens (tertiary/aromatic N) is 2. The summed E-state index contributed by atoms with van der Waals surface area (Å²) >= 11 is 3.10. The second-order valence-electron chi connectivity index (χ2n) is 3.65. The summed E-state index contributed by atoms with van der Waals surface area (Å²) in [5.74, 6) is 0.584. The number of hydrogen-bond acceptors (Lipinski definition) is 6. The average molecular weight is 281 g/mol. The molecule has 0 amide bonds. The normalized spacial score (nSPS) is 10.5. The first kappa shape index (κ1) is 12.8. The van der Waals surface area contributed by atoms with E-state index in [0.29, 0.717) is 5.75 Å². The molecule has 0 saturated carbocycles. The number of nitro benzene ring substituents is 1. The zero-order valence-corrected chi connectivity index (χ0v) is 11.3. The summed E-state index contributed by atoms with van der Waals surface area (Å²) in [6, 6.07) is 4.87. The van der Waals surface area contributed by atoms with Crippen LogP contribution in [0.1, 0.15) is 11.3 Å². The molecule has 2 rings (SSSR count). The summed E-state index contributed by atoms with van der Waals surface area (Å²) < 4.78 is 0.943. The highest BCUT2D eigenvalue weighted by Gasteiger charge is 2.14. The smallest absolute Gasteiger partial charge is 0.292 e. The summed E-state index contributed by atoms with van der Waals surface area (Å²) in [5, 5.41) is 12.7. The van der Waals surface area contributed by atoms with Crippen molar-refractivity contribution in [3.63, 3.8) is 0 Å². The summed E-state index contributed by atoms with van der Waals surface area (Å²) in [5.41, 5.74) is 7.73. The quantitative estimate of drug-likeness (QED) is 0.402. The van der Waals surface area contributed by atoms with E-state index in [0.717, 1.165) is 15.6 Å². The molecule has 0 spiro atoms. The maximum Gasteiger partial charge on any atom is 0.292 e. The molecule has 0 bridgehead atoms. The number of hydrogen-bond donors (Lipinski definition) is 1. The standard InChI is InChI=1S/C11H11N3O2S2/c1-7-5-17-11(13-7)18-6-8-3-2-4-9(10(8)12)14(15)16/h2-5H,6,12H2,1H3. The first-order valence-electron chi connectivity index (χ1n) is 5.14. The van der Waals surface area contributed by atoms with Crippen LogP contribution < -0.4 is 5.73 Å². The van der Waals surface area contributed by atoms with Crippen LogP contribution in [0.4, 0.5) is 11.4 Å². The Morgan fingerprint density at radius 1 is 1.56 bits per heavy atom. The molecule has 0 aliphatic heterocycles. The Kier molecular flexibility index (Phi) is 3.83. The molecule has 1 aromatic carbocycles. The minimum absolute atomic E-state index is 0.0385. The fourth-order valence-corrected chi connectivity index (χ4v) is 3.28. The SMILES string of the molecule is Cc1csc(SCc2cccc([N+](=O)[O-])c2N)n1. The highest BCUT2D eigenvalue weighted by Crippen LogP contribution is 2.31. The molecule has 1 heterocycles. The van der Waals surface area contributed by atoms with Crippen LogP contribution in [0.5, 0.6) is 0 Å². The molecule has 94 valence electrons. The third kappa shape index (κ3) is 2.80. The van der Waals surface area contributed by atoms with Gasteiger partial charge in [-0.05, 0) is 12.5 Å². The van der Waals surface area contributed by atoms with E-state index in [1.165, 1.54) is 17.8 Å². The number of nitrogen functional groups attached to an aromatic ring is 1. The minimum Gasteiger partial charge on any atom is -0.393 e. The lowest BCUT2D eigenvalue weighted by Gasteiger charge is -2.04. The molecule has 2 N–H and O–H groups in total. The lowest BCUT2D eigenvalue weighted by Crippen LogP contribution is -1.99. The van der Waals surface area contributed by atoms with Gasteiger partial charge in [-0.25, -0.2) is 4.98 Å². The molecule has 1 aromatic heterocycles. The van der Waals surface area contributed by atoms with E-state index < -0.39 is 4.92 Å². The number of para-hydroxylation sites is 1. The van der Waals surface area contributed by atoms with Crippen LogP contribution in [-0.2, 0) is 5.75 Å². The number of aryl methyl sites for hydroxylation is 1. The topological polar surface area (TPSA) is 82.0 Å². The Morgan fingerprint density at radius 2 is 2.33 bits per heavy atom. The lowest BCUT2D eigenvalue weighted by molar-refractivity contribution is -0.383. The van der Waals surface area contributed by atoms with Gasteiger partial charge in [-0.3, -0.25) is 10.1 Å². The average Bonchev–Trinajstić information content (AvgIpc) is 2.73. The van der Waals surface area contributed by atoms with Crippen molar-refractivity contribution >= 4 is 34.5 Å². The maximum atomic E-state index is 10.8. The first-order valence-corrected chi connectivity index (χ1v) is 7.01. The molecule has 0 aliphatic rings. The van der Waals surface area contributed by atoms with E-state index in [9.17, 15) is 10.1 Å². The van der Waals surface area contributed by atoms with Gasteiger partial charge in [-0.2, -0.15) is 0 Å². The fourth-order valence-electron chi connectivity index (χ4n) is 1.42. The highest BCUT2D eigenvalue weighted by molar-refractivity contribution is 8.00. The van der Waals surface area contributed by atoms with Gasteiger partial charge in [0.1, 0.15) is 10.0 Å². The van der Waals surface area contributed by atoms with E-state index >= 15 is 0 Å². The highest BCUT2D eigenvalue weighted by atomic mass is 32.2. The second kappa shape index (κ2) is 5.36. The zero-order chi connectivity index (χ0) is 13.1. The number of thioether (sulfide) groups is 1. The van der Waals surface area contributed by atoms with Crippen molar-refractivity contribution in [1.82, 2.24) is 4.98 Å². The van der Waals surface area contributed by atoms with Gasteiger partial charge >= 0.3 is 0 Å². The van der Waals surface area contributed by atoms with E-state index in [1.807, 2.05) is 12.3 Å². The number of nitro groups is 1. The number of thiazole rings is 1. The van der Waals surface area contributed by atoms with Crippen molar-refractivity contribution in [2.45, 2.75) is 17.0 Å². The van der Waals surface area contributed by atoms with E-state index in [1.54, 1.807) is 23.5 Å². The number of anilines is 1. The number of nitrogens with two attached hydrogens (primary N) is 1. The van der Waals surface area contributed by atoms with Crippen LogP contribution in [0.15, 0.2) is 27.9 Å². The third-order valence-electron chi connectivity index (χ3n) is 2.32. The minimum atomic E-state index is -0.461. The number of aromatic nitrogens is 1. The van der Waals surface area contributed by atoms with Crippen LogP contribution in [0.2, 0.25) is 0 Å². The first-order chi connectivity index (χ1) is 8.58. The van der Waals surface area contributed by atoms with E-state index in [-0.39, 0.29) is 11.4 Å². The molecular weight excluding hydrogens is 270 g/mol. The van der Waals surface area contributed by atoms with Gasteiger partial charge in [0, 0.05) is 22.9 Å². The van der Waals surface area contributed by atoms with Crippen molar-refractivity contribution in [3.8, 4) is 0 Å². The van der Waals surface area contributed by atoms with Crippen LogP contribution in [0.25, 0.3) is 0 Å². The van der Waals surface area contributed by atoms with Crippen LogP contribution in [-0.4, -0.2) is 9.91 Å². The van der Waals surface area contributed by atoms with Crippen molar-refractivity contribution in [2.75, 3.05) is 5.73 Å². The van der Waals surface area contributed by atoms with Gasteiger partial charge in [0.05, 0.1) is 4.92 Å². The zero-order valence-electron chi connectivity index (χ0n) is 9.62. The molecule has 0 radical (unpaired) electrons. The molecular formula is C11H11N3O2S2.